The molecule has 3 aromatic carbocycles. The molecule has 0 bridgehead atoms. The Bertz CT molecular complexity index is 2350. The number of hydrogen-bond donors (Lipinski definition) is 0. The van der Waals surface area contributed by atoms with Crippen molar-refractivity contribution in [3.63, 3.8) is 0 Å². The first-order valence-electron chi connectivity index (χ1n) is 17.9. The fraction of sp³-hybridized carbons (Fsp3) is 0.150. The average molecular weight is 801 g/mol. The van der Waals surface area contributed by atoms with E-state index in [-0.39, 0.29) is 31.1 Å². The highest BCUT2D eigenvalue weighted by molar-refractivity contribution is 7.99. The molecule has 15 nitrogen and oxygen atoms in total. The predicted molar refractivity (Wildman–Crippen MR) is 209 cm³/mol. The van der Waals surface area contributed by atoms with Gasteiger partial charge in [-0.25, -0.2) is 43.1 Å². The smallest absolute Gasteiger partial charge is 0.323 e. The highest BCUT2D eigenvalue weighted by atomic mass is 32.2. The van der Waals surface area contributed by atoms with Crippen LogP contribution < -0.4 is 4.74 Å². The summed E-state index contributed by atoms with van der Waals surface area (Å²) in [6, 6.07) is 27.3. The van der Waals surface area contributed by atoms with Gasteiger partial charge >= 0.3 is 6.01 Å². The van der Waals surface area contributed by atoms with Gasteiger partial charge in [0.1, 0.15) is 54.2 Å². The predicted octanol–water partition coefficient (Wildman–Crippen LogP) is 7.80. The summed E-state index contributed by atoms with van der Waals surface area (Å²) in [5.41, 5.74) is 5.08. The van der Waals surface area contributed by atoms with Crippen LogP contribution in [0.1, 0.15) is 13.8 Å². The molecule has 0 aliphatic rings. The summed E-state index contributed by atoms with van der Waals surface area (Å²) < 4.78 is 46.6. The van der Waals surface area contributed by atoms with Crippen LogP contribution in [0.15, 0.2) is 132 Å². The van der Waals surface area contributed by atoms with E-state index in [0.29, 0.717) is 64.0 Å². The Morgan fingerprint density at radius 3 is 1.72 bits per heavy atom. The van der Waals surface area contributed by atoms with Crippen molar-refractivity contribution in [3.8, 4) is 57.2 Å². The van der Waals surface area contributed by atoms with Gasteiger partial charge in [0.15, 0.2) is 5.16 Å². The van der Waals surface area contributed by atoms with Crippen LogP contribution in [-0.2, 0) is 22.9 Å². The Balaban J connectivity index is 0.000000177. The summed E-state index contributed by atoms with van der Waals surface area (Å²) in [4.78, 5) is 26.5. The molecule has 0 fully saturated rings. The standard InChI is InChI=1S/C21H18FN5OS.C19H16FN7O2/c1-2-28-14-27-20(19(25-26-27)15-8-10-16(22)11-9-15)18-12-13-23-21(24-18)29-17-6-4-3-5-7-17;1-2-28-12-27-18(17(25-26-27)13-3-5-14(20)6-4-13)15-7-10-22-19(24-15)29-16-8-9-21-11-23-16/h3-13H,2,14H2,1H3;3-11H,2,12H2,1H3. The molecule has 0 saturated heterocycles. The fourth-order valence-electron chi connectivity index (χ4n) is 5.34. The Kier molecular flexibility index (Phi) is 13.1. The molecule has 0 spiro atoms. The maximum absolute atomic E-state index is 13.4. The highest BCUT2D eigenvalue weighted by Crippen LogP contribution is 2.33. The van der Waals surface area contributed by atoms with E-state index in [1.807, 2.05) is 50.2 Å². The number of benzene rings is 3. The molecule has 0 N–H and O–H groups in total. The molecule has 0 amide bonds. The van der Waals surface area contributed by atoms with E-state index in [9.17, 15) is 8.78 Å². The number of nitrogens with zero attached hydrogens (tertiary/aromatic N) is 12. The third-order valence-corrected chi connectivity index (χ3v) is 8.88. The number of halogens is 2. The Labute approximate surface area is 335 Å². The minimum atomic E-state index is -0.334. The van der Waals surface area contributed by atoms with E-state index in [0.717, 1.165) is 10.5 Å². The molecular weight excluding hydrogens is 767 g/mol. The molecule has 5 heterocycles. The first-order chi connectivity index (χ1) is 28.5. The van der Waals surface area contributed by atoms with E-state index in [4.69, 9.17) is 19.2 Å². The SMILES string of the molecule is CCOCn1nnc(-c2ccc(F)cc2)c1-c1ccnc(Oc2ccncn2)n1.CCOCn1nnc(-c2ccc(F)cc2)c1-c1ccnc(Sc2ccccc2)n1. The van der Waals surface area contributed by atoms with Crippen LogP contribution in [0.2, 0.25) is 0 Å². The molecule has 0 aliphatic heterocycles. The number of hydrogen-bond acceptors (Lipinski definition) is 14. The van der Waals surface area contributed by atoms with Crippen molar-refractivity contribution in [2.75, 3.05) is 13.2 Å². The summed E-state index contributed by atoms with van der Waals surface area (Å²) in [5, 5.41) is 17.6. The lowest BCUT2D eigenvalue weighted by Crippen LogP contribution is -2.07. The summed E-state index contributed by atoms with van der Waals surface area (Å²) in [6.07, 6.45) is 6.19. The Morgan fingerprint density at radius 2 is 1.17 bits per heavy atom. The van der Waals surface area contributed by atoms with Crippen molar-refractivity contribution in [3.05, 3.63) is 134 Å². The molecule has 0 radical (unpaired) electrons. The van der Waals surface area contributed by atoms with Gasteiger partial charge in [-0.15, -0.1) is 10.2 Å². The normalized spacial score (nSPS) is 10.9. The maximum Gasteiger partial charge on any atom is 0.323 e. The third-order valence-electron chi connectivity index (χ3n) is 8.00. The minimum Gasteiger partial charge on any atom is -0.405 e. The van der Waals surface area contributed by atoms with E-state index < -0.39 is 0 Å². The average Bonchev–Trinajstić information content (AvgIpc) is 3.89. The largest absolute Gasteiger partial charge is 0.405 e. The first-order valence-corrected chi connectivity index (χ1v) is 18.7. The lowest BCUT2D eigenvalue weighted by atomic mass is 10.1. The summed E-state index contributed by atoms with van der Waals surface area (Å²) in [7, 11) is 0. The van der Waals surface area contributed by atoms with Crippen LogP contribution in [-0.4, -0.2) is 73.1 Å². The van der Waals surface area contributed by atoms with Gasteiger partial charge in [-0.05, 0) is 98.4 Å². The van der Waals surface area contributed by atoms with E-state index in [1.54, 1.807) is 64.4 Å². The molecule has 8 rings (SSSR count). The van der Waals surface area contributed by atoms with Gasteiger partial charge in [0, 0.05) is 53.9 Å². The number of rotatable bonds is 14. The van der Waals surface area contributed by atoms with Gasteiger partial charge in [-0.3, -0.25) is 0 Å². The van der Waals surface area contributed by atoms with Crippen molar-refractivity contribution in [1.82, 2.24) is 59.9 Å². The van der Waals surface area contributed by atoms with E-state index >= 15 is 0 Å². The van der Waals surface area contributed by atoms with E-state index in [2.05, 4.69) is 45.5 Å². The molecule has 5 aromatic heterocycles. The Hall–Kier alpha value is -6.89. The van der Waals surface area contributed by atoms with Crippen LogP contribution >= 0.6 is 11.8 Å². The van der Waals surface area contributed by atoms with Crippen molar-refractivity contribution in [1.29, 1.82) is 0 Å². The van der Waals surface area contributed by atoms with Gasteiger partial charge in [0.2, 0.25) is 5.88 Å². The Morgan fingerprint density at radius 1 is 0.603 bits per heavy atom. The topological polar surface area (TPSA) is 166 Å². The zero-order valence-electron chi connectivity index (χ0n) is 31.1. The van der Waals surface area contributed by atoms with Gasteiger partial charge in [-0.2, -0.15) is 4.98 Å². The van der Waals surface area contributed by atoms with Crippen LogP contribution in [0, 0.1) is 11.6 Å². The number of aromatic nitrogens is 12. The van der Waals surface area contributed by atoms with E-state index in [1.165, 1.54) is 42.4 Å². The molecule has 58 heavy (non-hydrogen) atoms. The van der Waals surface area contributed by atoms with Crippen molar-refractivity contribution < 1.29 is 23.0 Å². The second kappa shape index (κ2) is 19.3. The molecule has 8 aromatic rings. The van der Waals surface area contributed by atoms with Crippen molar-refractivity contribution >= 4 is 11.8 Å². The molecule has 0 saturated carbocycles. The molecule has 0 aliphatic carbocycles. The molecule has 292 valence electrons. The van der Waals surface area contributed by atoms with Crippen LogP contribution in [0.4, 0.5) is 8.78 Å². The highest BCUT2D eigenvalue weighted by Gasteiger charge is 2.21. The monoisotopic (exact) mass is 800 g/mol. The van der Waals surface area contributed by atoms with Gasteiger partial charge in [0.25, 0.3) is 0 Å². The van der Waals surface area contributed by atoms with Crippen LogP contribution in [0.25, 0.3) is 45.3 Å². The second-order valence-corrected chi connectivity index (χ2v) is 12.9. The van der Waals surface area contributed by atoms with Gasteiger partial charge in [-0.1, -0.05) is 28.6 Å². The van der Waals surface area contributed by atoms with Gasteiger partial charge in [0.05, 0.1) is 11.4 Å². The lowest BCUT2D eigenvalue weighted by Gasteiger charge is -2.09. The quantitative estimate of drug-likeness (QED) is 0.0978. The fourth-order valence-corrected chi connectivity index (χ4v) is 6.11. The molecule has 18 heteroatoms. The van der Waals surface area contributed by atoms with Crippen molar-refractivity contribution in [2.45, 2.75) is 37.4 Å². The zero-order chi connectivity index (χ0) is 40.1. The molecule has 0 atom stereocenters. The van der Waals surface area contributed by atoms with Crippen LogP contribution in [0.5, 0.6) is 11.9 Å². The maximum atomic E-state index is 13.4. The number of ether oxygens (including phenoxy) is 3. The zero-order valence-corrected chi connectivity index (χ0v) is 31.9. The molecule has 0 unspecified atom stereocenters. The minimum absolute atomic E-state index is 0.107. The van der Waals surface area contributed by atoms with Crippen LogP contribution in [0.3, 0.4) is 0 Å². The molecular formula is C40H34F2N12O3S. The summed E-state index contributed by atoms with van der Waals surface area (Å²) >= 11 is 1.47. The van der Waals surface area contributed by atoms with Crippen molar-refractivity contribution in [2.24, 2.45) is 0 Å². The van der Waals surface area contributed by atoms with Gasteiger partial charge < -0.3 is 14.2 Å². The summed E-state index contributed by atoms with van der Waals surface area (Å²) in [6.45, 7) is 5.28. The summed E-state index contributed by atoms with van der Waals surface area (Å²) in [5.74, 6) is -0.322. The second-order valence-electron chi connectivity index (χ2n) is 11.8. The lowest BCUT2D eigenvalue weighted by molar-refractivity contribution is 0.0789. The first kappa shape index (κ1) is 39.3. The third kappa shape index (κ3) is 9.91.